The Balaban J connectivity index is 2.03. The first kappa shape index (κ1) is 15.2. The Kier molecular flexibility index (Phi) is 5.30. The van der Waals surface area contributed by atoms with Gasteiger partial charge in [-0.15, -0.1) is 0 Å². The molecule has 20 heavy (non-hydrogen) atoms. The number of halogens is 1. The molecule has 1 aromatic carbocycles. The summed E-state index contributed by atoms with van der Waals surface area (Å²) in [4.78, 5) is 14.5. The molecule has 0 N–H and O–H groups in total. The normalized spacial score (nSPS) is 20.6. The molecular weight excluding hydrogens is 274 g/mol. The first-order chi connectivity index (χ1) is 9.63. The molecule has 3 nitrogen and oxygen atoms in total. The highest BCUT2D eigenvalue weighted by molar-refractivity contribution is 6.32. The summed E-state index contributed by atoms with van der Waals surface area (Å²) in [6.45, 7) is 4.77. The minimum atomic E-state index is -0.498. The van der Waals surface area contributed by atoms with Crippen molar-refractivity contribution in [3.63, 3.8) is 0 Å². The van der Waals surface area contributed by atoms with Crippen molar-refractivity contribution < 1.29 is 9.53 Å². The standard InChI is InChI=1S/C16H22ClNO2/c1-3-13-8-6-7-11-18(13)16(19)12(2)20-15-10-5-4-9-14(15)17/h4-5,9-10,12-13H,3,6-8,11H2,1-2H3. The number of amides is 1. The maximum absolute atomic E-state index is 12.5. The van der Waals surface area contributed by atoms with Crippen LogP contribution >= 0.6 is 11.6 Å². The van der Waals surface area contributed by atoms with Crippen LogP contribution < -0.4 is 4.74 Å². The van der Waals surface area contributed by atoms with Gasteiger partial charge in [-0.1, -0.05) is 30.7 Å². The molecule has 1 amide bonds. The quantitative estimate of drug-likeness (QED) is 0.843. The second-order valence-corrected chi connectivity index (χ2v) is 5.69. The number of hydrogen-bond donors (Lipinski definition) is 0. The first-order valence-corrected chi connectivity index (χ1v) is 7.73. The molecule has 0 aliphatic carbocycles. The summed E-state index contributed by atoms with van der Waals surface area (Å²) in [6, 6.07) is 7.62. The van der Waals surface area contributed by atoms with Gasteiger partial charge < -0.3 is 9.64 Å². The second-order valence-electron chi connectivity index (χ2n) is 5.28. The number of carbonyl (C=O) groups is 1. The molecule has 0 saturated carbocycles. The van der Waals surface area contributed by atoms with Crippen LogP contribution in [0.1, 0.15) is 39.5 Å². The van der Waals surface area contributed by atoms with Crippen molar-refractivity contribution in [2.24, 2.45) is 0 Å². The predicted molar refractivity (Wildman–Crippen MR) is 81.2 cm³/mol. The van der Waals surface area contributed by atoms with Crippen molar-refractivity contribution in [1.82, 2.24) is 4.90 Å². The van der Waals surface area contributed by atoms with E-state index in [1.165, 1.54) is 6.42 Å². The van der Waals surface area contributed by atoms with Crippen LogP contribution in [0.25, 0.3) is 0 Å². The maximum atomic E-state index is 12.5. The third-order valence-corrected chi connectivity index (χ3v) is 4.18. The van der Waals surface area contributed by atoms with Gasteiger partial charge in [-0.2, -0.15) is 0 Å². The first-order valence-electron chi connectivity index (χ1n) is 7.35. The van der Waals surface area contributed by atoms with Crippen molar-refractivity contribution in [3.05, 3.63) is 29.3 Å². The van der Waals surface area contributed by atoms with Gasteiger partial charge in [0, 0.05) is 12.6 Å². The van der Waals surface area contributed by atoms with Crippen LogP contribution in [0.2, 0.25) is 5.02 Å². The van der Waals surface area contributed by atoms with Crippen LogP contribution in [0.3, 0.4) is 0 Å². The topological polar surface area (TPSA) is 29.5 Å². The van der Waals surface area contributed by atoms with Crippen molar-refractivity contribution in [2.45, 2.75) is 51.7 Å². The lowest BCUT2D eigenvalue weighted by atomic mass is 9.99. The molecule has 1 saturated heterocycles. The highest BCUT2D eigenvalue weighted by atomic mass is 35.5. The Bertz CT molecular complexity index is 464. The largest absolute Gasteiger partial charge is 0.479 e. The van der Waals surface area contributed by atoms with E-state index in [0.717, 1.165) is 25.8 Å². The molecule has 0 spiro atoms. The zero-order valence-corrected chi connectivity index (χ0v) is 12.9. The number of hydrogen-bond acceptors (Lipinski definition) is 2. The van der Waals surface area contributed by atoms with Crippen molar-refractivity contribution in [2.75, 3.05) is 6.54 Å². The van der Waals surface area contributed by atoms with Crippen molar-refractivity contribution in [1.29, 1.82) is 0 Å². The third-order valence-electron chi connectivity index (χ3n) is 3.87. The molecule has 1 aromatic rings. The average Bonchev–Trinajstić information content (AvgIpc) is 2.48. The minimum Gasteiger partial charge on any atom is -0.479 e. The smallest absolute Gasteiger partial charge is 0.263 e. The highest BCUT2D eigenvalue weighted by Gasteiger charge is 2.29. The molecule has 2 rings (SSSR count). The summed E-state index contributed by atoms with van der Waals surface area (Å²) in [5.74, 6) is 0.636. The molecule has 0 radical (unpaired) electrons. The number of ether oxygens (including phenoxy) is 1. The number of piperidine rings is 1. The molecule has 2 atom stereocenters. The molecule has 1 aliphatic rings. The van der Waals surface area contributed by atoms with Gasteiger partial charge in [-0.25, -0.2) is 0 Å². The lowest BCUT2D eigenvalue weighted by Crippen LogP contribution is -2.48. The third kappa shape index (κ3) is 3.45. The fraction of sp³-hybridized carbons (Fsp3) is 0.562. The van der Waals surface area contributed by atoms with Gasteiger partial charge in [0.25, 0.3) is 5.91 Å². The van der Waals surface area contributed by atoms with E-state index >= 15 is 0 Å². The Morgan fingerprint density at radius 2 is 2.20 bits per heavy atom. The fourth-order valence-corrected chi connectivity index (χ4v) is 2.91. The van der Waals surface area contributed by atoms with Crippen LogP contribution in [-0.2, 0) is 4.79 Å². The van der Waals surface area contributed by atoms with E-state index in [2.05, 4.69) is 6.92 Å². The summed E-state index contributed by atoms with van der Waals surface area (Å²) in [6.07, 6.45) is 3.90. The van der Waals surface area contributed by atoms with Crippen LogP contribution in [-0.4, -0.2) is 29.5 Å². The number of benzene rings is 1. The predicted octanol–water partition coefficient (Wildman–Crippen LogP) is 3.90. The van der Waals surface area contributed by atoms with Gasteiger partial charge >= 0.3 is 0 Å². The van der Waals surface area contributed by atoms with Gasteiger partial charge in [0.05, 0.1) is 5.02 Å². The monoisotopic (exact) mass is 295 g/mol. The zero-order valence-electron chi connectivity index (χ0n) is 12.1. The van der Waals surface area contributed by atoms with E-state index in [1.54, 1.807) is 19.1 Å². The Morgan fingerprint density at radius 3 is 2.90 bits per heavy atom. The Hall–Kier alpha value is -1.22. The summed E-state index contributed by atoms with van der Waals surface area (Å²) < 4.78 is 5.73. The van der Waals surface area contributed by atoms with E-state index < -0.39 is 6.10 Å². The van der Waals surface area contributed by atoms with Gasteiger partial charge in [0.1, 0.15) is 5.75 Å². The van der Waals surface area contributed by atoms with Crippen molar-refractivity contribution in [3.8, 4) is 5.75 Å². The van der Waals surface area contributed by atoms with E-state index in [-0.39, 0.29) is 5.91 Å². The van der Waals surface area contributed by atoms with Gasteiger partial charge in [0.2, 0.25) is 0 Å². The molecule has 110 valence electrons. The number of carbonyl (C=O) groups excluding carboxylic acids is 1. The van der Waals surface area contributed by atoms with Crippen LogP contribution in [0, 0.1) is 0 Å². The number of nitrogens with zero attached hydrogens (tertiary/aromatic N) is 1. The van der Waals surface area contributed by atoms with E-state index in [1.807, 2.05) is 17.0 Å². The van der Waals surface area contributed by atoms with Crippen LogP contribution in [0.5, 0.6) is 5.75 Å². The van der Waals surface area contributed by atoms with E-state index in [4.69, 9.17) is 16.3 Å². The maximum Gasteiger partial charge on any atom is 0.263 e. The van der Waals surface area contributed by atoms with Crippen LogP contribution in [0.15, 0.2) is 24.3 Å². The number of likely N-dealkylation sites (tertiary alicyclic amines) is 1. The molecule has 0 bridgehead atoms. The lowest BCUT2D eigenvalue weighted by molar-refractivity contribution is -0.141. The van der Waals surface area contributed by atoms with Gasteiger partial charge in [-0.3, -0.25) is 4.79 Å². The van der Waals surface area contributed by atoms with E-state index in [0.29, 0.717) is 16.8 Å². The molecule has 2 unspecified atom stereocenters. The minimum absolute atomic E-state index is 0.0662. The Labute approximate surface area is 125 Å². The van der Waals surface area contributed by atoms with Gasteiger partial charge in [0.15, 0.2) is 6.10 Å². The number of para-hydroxylation sites is 1. The molecule has 1 heterocycles. The second kappa shape index (κ2) is 6.98. The van der Waals surface area contributed by atoms with Gasteiger partial charge in [-0.05, 0) is 44.7 Å². The summed E-state index contributed by atoms with van der Waals surface area (Å²) in [5, 5.41) is 0.540. The Morgan fingerprint density at radius 1 is 1.45 bits per heavy atom. The van der Waals surface area contributed by atoms with E-state index in [9.17, 15) is 4.79 Å². The van der Waals surface area contributed by atoms with Crippen molar-refractivity contribution >= 4 is 17.5 Å². The lowest BCUT2D eigenvalue weighted by Gasteiger charge is -2.36. The molecule has 4 heteroatoms. The zero-order chi connectivity index (χ0) is 14.5. The molecular formula is C16H22ClNO2. The summed E-state index contributed by atoms with van der Waals surface area (Å²) in [5.41, 5.74) is 0. The molecule has 1 fully saturated rings. The van der Waals surface area contributed by atoms with Crippen LogP contribution in [0.4, 0.5) is 0 Å². The molecule has 1 aliphatic heterocycles. The summed E-state index contributed by atoms with van der Waals surface area (Å²) >= 11 is 6.06. The molecule has 0 aromatic heterocycles. The average molecular weight is 296 g/mol. The SMILES string of the molecule is CCC1CCCCN1C(=O)C(C)Oc1ccccc1Cl. The fourth-order valence-electron chi connectivity index (χ4n) is 2.73. The summed E-state index contributed by atoms with van der Waals surface area (Å²) in [7, 11) is 0. The highest BCUT2D eigenvalue weighted by Crippen LogP contribution is 2.26. The number of rotatable bonds is 4.